The van der Waals surface area contributed by atoms with Gasteiger partial charge in [-0.1, -0.05) is 6.07 Å². The van der Waals surface area contributed by atoms with Gasteiger partial charge in [-0.25, -0.2) is 9.97 Å². The Morgan fingerprint density at radius 1 is 1.08 bits per heavy atom. The SMILES string of the molecule is Cc1cn(-c2ccc3c(c2)N(c2cn(C)cn2)C(=O)C3(C)C)cn1. The third-order valence-electron chi connectivity index (χ3n) is 4.56. The number of aromatic nitrogens is 4. The van der Waals surface area contributed by atoms with Gasteiger partial charge in [0.05, 0.1) is 29.5 Å². The molecule has 0 bridgehead atoms. The van der Waals surface area contributed by atoms with Gasteiger partial charge in [-0.2, -0.15) is 0 Å². The fourth-order valence-electron chi connectivity index (χ4n) is 3.20. The van der Waals surface area contributed by atoms with Crippen LogP contribution in [0.4, 0.5) is 11.5 Å². The molecule has 1 aliphatic heterocycles. The minimum atomic E-state index is -0.573. The standard InChI is InChI=1S/C18H19N5O/c1-12-8-22(11-19-12)13-5-6-14-15(7-13)23(17(24)18(14,2)3)16-9-21(4)10-20-16/h5-11H,1-4H3. The Morgan fingerprint density at radius 3 is 2.50 bits per heavy atom. The van der Waals surface area contributed by atoms with Gasteiger partial charge in [0.2, 0.25) is 5.91 Å². The van der Waals surface area contributed by atoms with Crippen LogP contribution in [0, 0.1) is 6.92 Å². The van der Waals surface area contributed by atoms with Crippen molar-refractivity contribution < 1.29 is 4.79 Å². The molecule has 1 aromatic carbocycles. The van der Waals surface area contributed by atoms with Crippen molar-refractivity contribution in [1.29, 1.82) is 0 Å². The number of carbonyl (C=O) groups excluding carboxylic acids is 1. The van der Waals surface area contributed by atoms with Gasteiger partial charge in [0.15, 0.2) is 5.82 Å². The van der Waals surface area contributed by atoms with Gasteiger partial charge >= 0.3 is 0 Å². The number of rotatable bonds is 2. The summed E-state index contributed by atoms with van der Waals surface area (Å²) in [5, 5.41) is 0. The molecule has 6 nitrogen and oxygen atoms in total. The first-order valence-corrected chi connectivity index (χ1v) is 7.86. The molecular weight excluding hydrogens is 302 g/mol. The minimum Gasteiger partial charge on any atom is -0.338 e. The molecule has 3 aromatic rings. The molecule has 1 amide bonds. The maximum absolute atomic E-state index is 13.0. The van der Waals surface area contributed by atoms with E-state index in [0.717, 1.165) is 22.6 Å². The summed E-state index contributed by atoms with van der Waals surface area (Å²) in [6.07, 6.45) is 7.31. The van der Waals surface area contributed by atoms with Crippen molar-refractivity contribution >= 4 is 17.4 Å². The Bertz CT molecular complexity index is 950. The van der Waals surface area contributed by atoms with Crippen molar-refractivity contribution in [3.8, 4) is 5.69 Å². The van der Waals surface area contributed by atoms with Gasteiger partial charge in [-0.15, -0.1) is 0 Å². The molecule has 6 heteroatoms. The van der Waals surface area contributed by atoms with Gasteiger partial charge in [0, 0.05) is 25.1 Å². The van der Waals surface area contributed by atoms with Gasteiger partial charge < -0.3 is 9.13 Å². The smallest absolute Gasteiger partial charge is 0.242 e. The molecule has 0 saturated heterocycles. The summed E-state index contributed by atoms with van der Waals surface area (Å²) in [5.41, 5.74) is 3.25. The lowest BCUT2D eigenvalue weighted by Crippen LogP contribution is -2.33. The van der Waals surface area contributed by atoms with Crippen LogP contribution in [0.25, 0.3) is 5.69 Å². The molecule has 2 aromatic heterocycles. The molecule has 24 heavy (non-hydrogen) atoms. The fraction of sp³-hybridized carbons (Fsp3) is 0.278. The van der Waals surface area contributed by atoms with Crippen molar-refractivity contribution in [2.24, 2.45) is 7.05 Å². The highest BCUT2D eigenvalue weighted by Gasteiger charge is 2.45. The van der Waals surface area contributed by atoms with Crippen LogP contribution in [0.2, 0.25) is 0 Å². The molecule has 0 fully saturated rings. The maximum atomic E-state index is 13.0. The van der Waals surface area contributed by atoms with E-state index < -0.39 is 5.41 Å². The number of hydrogen-bond donors (Lipinski definition) is 0. The van der Waals surface area contributed by atoms with Crippen LogP contribution in [-0.4, -0.2) is 25.0 Å². The number of imidazole rings is 2. The molecule has 0 spiro atoms. The summed E-state index contributed by atoms with van der Waals surface area (Å²) < 4.78 is 3.80. The molecule has 1 aliphatic rings. The monoisotopic (exact) mass is 321 g/mol. The second-order valence-electron chi connectivity index (χ2n) is 6.79. The molecule has 0 saturated carbocycles. The molecule has 0 unspecified atom stereocenters. The van der Waals surface area contributed by atoms with Crippen molar-refractivity contribution in [2.75, 3.05) is 4.90 Å². The summed E-state index contributed by atoms with van der Waals surface area (Å²) in [7, 11) is 1.90. The molecule has 122 valence electrons. The van der Waals surface area contributed by atoms with E-state index >= 15 is 0 Å². The molecule has 0 N–H and O–H groups in total. The minimum absolute atomic E-state index is 0.0372. The normalized spacial score (nSPS) is 15.8. The van der Waals surface area contributed by atoms with Crippen LogP contribution in [0.1, 0.15) is 25.1 Å². The third kappa shape index (κ3) is 1.99. The van der Waals surface area contributed by atoms with Crippen molar-refractivity contribution in [1.82, 2.24) is 19.1 Å². The summed E-state index contributed by atoms with van der Waals surface area (Å²) in [4.78, 5) is 23.4. The first-order valence-electron chi connectivity index (χ1n) is 7.86. The van der Waals surface area contributed by atoms with Crippen molar-refractivity contribution in [3.63, 3.8) is 0 Å². The van der Waals surface area contributed by atoms with E-state index in [1.165, 1.54) is 0 Å². The number of fused-ring (bicyclic) bond motifs is 1. The van der Waals surface area contributed by atoms with E-state index in [1.54, 1.807) is 17.6 Å². The molecule has 3 heterocycles. The quantitative estimate of drug-likeness (QED) is 0.729. The highest BCUT2D eigenvalue weighted by Crippen LogP contribution is 2.45. The second-order valence-corrected chi connectivity index (χ2v) is 6.79. The van der Waals surface area contributed by atoms with E-state index in [4.69, 9.17) is 0 Å². The highest BCUT2D eigenvalue weighted by molar-refractivity contribution is 6.12. The van der Waals surface area contributed by atoms with Crippen LogP contribution >= 0.6 is 0 Å². The summed E-state index contributed by atoms with van der Waals surface area (Å²) >= 11 is 0. The Hall–Kier alpha value is -2.89. The zero-order valence-corrected chi connectivity index (χ0v) is 14.2. The zero-order chi connectivity index (χ0) is 17.1. The number of aryl methyl sites for hydroxylation is 2. The number of hydrogen-bond acceptors (Lipinski definition) is 3. The molecule has 0 radical (unpaired) electrons. The lowest BCUT2D eigenvalue weighted by molar-refractivity contribution is -0.121. The van der Waals surface area contributed by atoms with Crippen LogP contribution in [0.3, 0.4) is 0 Å². The van der Waals surface area contributed by atoms with Crippen LogP contribution in [-0.2, 0) is 17.3 Å². The number of benzene rings is 1. The largest absolute Gasteiger partial charge is 0.338 e. The van der Waals surface area contributed by atoms with Crippen molar-refractivity contribution in [2.45, 2.75) is 26.2 Å². The zero-order valence-electron chi connectivity index (χ0n) is 14.2. The van der Waals surface area contributed by atoms with Gasteiger partial charge in [0.1, 0.15) is 0 Å². The topological polar surface area (TPSA) is 56.0 Å². The van der Waals surface area contributed by atoms with Gasteiger partial charge in [-0.3, -0.25) is 9.69 Å². The van der Waals surface area contributed by atoms with E-state index in [-0.39, 0.29) is 5.91 Å². The van der Waals surface area contributed by atoms with Crippen molar-refractivity contribution in [3.05, 3.63) is 54.5 Å². The predicted octanol–water partition coefficient (Wildman–Crippen LogP) is 2.87. The van der Waals surface area contributed by atoms with E-state index in [1.807, 2.05) is 67.5 Å². The third-order valence-corrected chi connectivity index (χ3v) is 4.56. The van der Waals surface area contributed by atoms with Crippen LogP contribution in [0.5, 0.6) is 0 Å². The average molecular weight is 321 g/mol. The first kappa shape index (κ1) is 14.7. The number of amides is 1. The summed E-state index contributed by atoms with van der Waals surface area (Å²) in [6, 6.07) is 6.08. The Balaban J connectivity index is 1.90. The number of carbonyl (C=O) groups is 1. The van der Waals surface area contributed by atoms with E-state index in [9.17, 15) is 4.79 Å². The van der Waals surface area contributed by atoms with Gasteiger partial charge in [0.25, 0.3) is 0 Å². The predicted molar refractivity (Wildman–Crippen MR) is 91.7 cm³/mol. The van der Waals surface area contributed by atoms with E-state index in [0.29, 0.717) is 5.82 Å². The van der Waals surface area contributed by atoms with Crippen LogP contribution in [0.15, 0.2) is 43.2 Å². The Labute approximate surface area is 140 Å². The second kappa shape index (κ2) is 4.80. The highest BCUT2D eigenvalue weighted by atomic mass is 16.2. The Morgan fingerprint density at radius 2 is 1.88 bits per heavy atom. The average Bonchev–Trinajstić information content (AvgIpc) is 3.20. The first-order chi connectivity index (χ1) is 11.4. The lowest BCUT2D eigenvalue weighted by Gasteiger charge is -2.18. The Kier molecular flexibility index (Phi) is 2.94. The molecule has 0 aliphatic carbocycles. The van der Waals surface area contributed by atoms with Crippen LogP contribution < -0.4 is 4.90 Å². The lowest BCUT2D eigenvalue weighted by atomic mass is 9.86. The number of nitrogens with zero attached hydrogens (tertiary/aromatic N) is 5. The number of anilines is 2. The maximum Gasteiger partial charge on any atom is 0.242 e. The van der Waals surface area contributed by atoms with Gasteiger partial charge in [-0.05, 0) is 38.5 Å². The molecule has 0 atom stereocenters. The molecular formula is C18H19N5O. The summed E-state index contributed by atoms with van der Waals surface area (Å²) in [5.74, 6) is 0.684. The fourth-order valence-corrected chi connectivity index (χ4v) is 3.20. The van der Waals surface area contributed by atoms with E-state index in [2.05, 4.69) is 9.97 Å². The summed E-state index contributed by atoms with van der Waals surface area (Å²) in [6.45, 7) is 5.87. The molecule has 4 rings (SSSR count).